The predicted molar refractivity (Wildman–Crippen MR) is 93.0 cm³/mol. The Labute approximate surface area is 139 Å². The monoisotopic (exact) mass is 321 g/mol. The molecular formula is C18H19N5O. The lowest BCUT2D eigenvalue weighted by Gasteiger charge is -2.27. The second kappa shape index (κ2) is 6.31. The number of rotatable bonds is 4. The molecule has 1 aliphatic rings. The van der Waals surface area contributed by atoms with Gasteiger partial charge in [0.25, 0.3) is 5.91 Å². The normalized spacial score (nSPS) is 17.3. The average molecular weight is 321 g/mol. The van der Waals surface area contributed by atoms with Crippen molar-refractivity contribution in [3.05, 3.63) is 54.1 Å². The molecule has 1 saturated heterocycles. The van der Waals surface area contributed by atoms with Crippen LogP contribution in [-0.4, -0.2) is 40.4 Å². The summed E-state index contributed by atoms with van der Waals surface area (Å²) in [5.41, 5.74) is 3.30. The molecular weight excluding hydrogens is 302 g/mol. The smallest absolute Gasteiger partial charge is 0.251 e. The minimum Gasteiger partial charge on any atom is -0.367 e. The lowest BCUT2D eigenvalue weighted by molar-refractivity contribution is 0.0951. The van der Waals surface area contributed by atoms with Crippen molar-refractivity contribution in [2.75, 3.05) is 18.0 Å². The van der Waals surface area contributed by atoms with Crippen molar-refractivity contribution >= 4 is 22.6 Å². The molecule has 2 heterocycles. The third-order valence-corrected chi connectivity index (χ3v) is 4.54. The fourth-order valence-corrected chi connectivity index (χ4v) is 3.30. The Morgan fingerprint density at radius 1 is 1.17 bits per heavy atom. The van der Waals surface area contributed by atoms with Crippen LogP contribution in [0.3, 0.4) is 0 Å². The second-order valence-corrected chi connectivity index (χ2v) is 6.06. The van der Waals surface area contributed by atoms with E-state index >= 15 is 0 Å². The summed E-state index contributed by atoms with van der Waals surface area (Å²) in [5, 5.41) is 13.6. The molecule has 0 saturated carbocycles. The van der Waals surface area contributed by atoms with Crippen LogP contribution >= 0.6 is 0 Å². The zero-order valence-electron chi connectivity index (χ0n) is 13.3. The molecule has 4 rings (SSSR count). The molecule has 3 aromatic rings. The summed E-state index contributed by atoms with van der Waals surface area (Å²) in [5.74, 6) is -0.0696. The number of aromatic amines is 1. The standard InChI is InChI=1S/C18H19N5O/c24-18(13-8-9-16-17(11-13)21-22-20-16)19-12-15-7-4-10-23(15)14-5-2-1-3-6-14/h1-3,5-6,8-9,11,15H,4,7,10,12H2,(H,19,24)(H,20,21,22). The molecule has 0 spiro atoms. The van der Waals surface area contributed by atoms with Gasteiger partial charge in [-0.05, 0) is 43.2 Å². The zero-order valence-corrected chi connectivity index (χ0v) is 13.3. The van der Waals surface area contributed by atoms with Gasteiger partial charge in [-0.2, -0.15) is 15.4 Å². The van der Waals surface area contributed by atoms with E-state index in [9.17, 15) is 4.79 Å². The van der Waals surface area contributed by atoms with E-state index in [2.05, 4.69) is 49.9 Å². The summed E-state index contributed by atoms with van der Waals surface area (Å²) in [6.07, 6.45) is 2.25. The summed E-state index contributed by atoms with van der Waals surface area (Å²) < 4.78 is 0. The second-order valence-electron chi connectivity index (χ2n) is 6.06. The van der Waals surface area contributed by atoms with E-state index in [1.165, 1.54) is 5.69 Å². The molecule has 0 aliphatic carbocycles. The van der Waals surface area contributed by atoms with E-state index in [4.69, 9.17) is 0 Å². The number of carbonyl (C=O) groups is 1. The molecule has 1 fully saturated rings. The Bertz CT molecular complexity index is 845. The summed E-state index contributed by atoms with van der Waals surface area (Å²) >= 11 is 0. The van der Waals surface area contributed by atoms with Crippen LogP contribution in [0.4, 0.5) is 5.69 Å². The summed E-state index contributed by atoms with van der Waals surface area (Å²) in [6, 6.07) is 16.1. The van der Waals surface area contributed by atoms with Gasteiger partial charge in [0.05, 0.1) is 0 Å². The first-order valence-corrected chi connectivity index (χ1v) is 8.22. The molecule has 1 unspecified atom stereocenters. The molecule has 0 bridgehead atoms. The van der Waals surface area contributed by atoms with Crippen LogP contribution in [0.1, 0.15) is 23.2 Å². The van der Waals surface area contributed by atoms with E-state index in [1.54, 1.807) is 18.2 Å². The summed E-state index contributed by atoms with van der Waals surface area (Å²) in [7, 11) is 0. The lowest BCUT2D eigenvalue weighted by atomic mass is 10.1. The molecule has 6 heteroatoms. The number of hydrogen-bond acceptors (Lipinski definition) is 4. The molecule has 1 amide bonds. The van der Waals surface area contributed by atoms with Gasteiger partial charge in [-0.25, -0.2) is 0 Å². The van der Waals surface area contributed by atoms with E-state index in [1.807, 2.05) is 6.07 Å². The van der Waals surface area contributed by atoms with Crippen LogP contribution in [0.15, 0.2) is 48.5 Å². The van der Waals surface area contributed by atoms with E-state index in [0.717, 1.165) is 24.9 Å². The largest absolute Gasteiger partial charge is 0.367 e. The number of amides is 1. The Hall–Kier alpha value is -2.89. The van der Waals surface area contributed by atoms with Crippen LogP contribution in [-0.2, 0) is 0 Å². The minimum absolute atomic E-state index is 0.0696. The highest BCUT2D eigenvalue weighted by Crippen LogP contribution is 2.24. The first kappa shape index (κ1) is 14.7. The number of anilines is 1. The van der Waals surface area contributed by atoms with Gasteiger partial charge < -0.3 is 10.2 Å². The molecule has 1 aliphatic heterocycles. The Morgan fingerprint density at radius 3 is 2.88 bits per heavy atom. The highest BCUT2D eigenvalue weighted by molar-refractivity contribution is 5.97. The first-order valence-electron chi connectivity index (χ1n) is 8.22. The molecule has 1 atom stereocenters. The van der Waals surface area contributed by atoms with Crippen LogP contribution < -0.4 is 10.2 Å². The van der Waals surface area contributed by atoms with Gasteiger partial charge in [0.15, 0.2) is 0 Å². The van der Waals surface area contributed by atoms with Crippen molar-refractivity contribution in [2.24, 2.45) is 0 Å². The number of aromatic nitrogens is 3. The van der Waals surface area contributed by atoms with Crippen molar-refractivity contribution in [1.29, 1.82) is 0 Å². The Balaban J connectivity index is 1.43. The maximum atomic E-state index is 12.4. The van der Waals surface area contributed by atoms with Gasteiger partial charge in [-0.3, -0.25) is 4.79 Å². The van der Waals surface area contributed by atoms with Crippen LogP contribution in [0.2, 0.25) is 0 Å². The number of benzene rings is 2. The quantitative estimate of drug-likeness (QED) is 0.773. The van der Waals surface area contributed by atoms with Crippen LogP contribution in [0.5, 0.6) is 0 Å². The first-order chi connectivity index (χ1) is 11.8. The fraction of sp³-hybridized carbons (Fsp3) is 0.278. The summed E-state index contributed by atoms with van der Waals surface area (Å²) in [4.78, 5) is 14.8. The number of fused-ring (bicyclic) bond motifs is 1. The van der Waals surface area contributed by atoms with Crippen molar-refractivity contribution in [1.82, 2.24) is 20.7 Å². The van der Waals surface area contributed by atoms with Crippen molar-refractivity contribution in [2.45, 2.75) is 18.9 Å². The molecule has 2 N–H and O–H groups in total. The number of para-hydroxylation sites is 1. The van der Waals surface area contributed by atoms with Crippen molar-refractivity contribution in [3.8, 4) is 0 Å². The maximum absolute atomic E-state index is 12.4. The van der Waals surface area contributed by atoms with Crippen LogP contribution in [0, 0.1) is 0 Å². The third kappa shape index (κ3) is 2.82. The maximum Gasteiger partial charge on any atom is 0.251 e. The zero-order chi connectivity index (χ0) is 16.4. The van der Waals surface area contributed by atoms with Crippen molar-refractivity contribution in [3.63, 3.8) is 0 Å². The third-order valence-electron chi connectivity index (χ3n) is 4.54. The Morgan fingerprint density at radius 2 is 2.00 bits per heavy atom. The fourth-order valence-electron chi connectivity index (χ4n) is 3.30. The molecule has 1 aromatic heterocycles. The topological polar surface area (TPSA) is 73.9 Å². The molecule has 6 nitrogen and oxygen atoms in total. The number of nitrogens with zero attached hydrogens (tertiary/aromatic N) is 3. The molecule has 2 aromatic carbocycles. The SMILES string of the molecule is O=C(NCC1CCCN1c1ccccc1)c1ccc2n[nH]nc2c1. The average Bonchev–Trinajstić information content (AvgIpc) is 3.28. The number of hydrogen-bond donors (Lipinski definition) is 2. The van der Waals surface area contributed by atoms with Gasteiger partial charge in [0.2, 0.25) is 0 Å². The predicted octanol–water partition coefficient (Wildman–Crippen LogP) is 2.36. The molecule has 0 radical (unpaired) electrons. The van der Waals surface area contributed by atoms with Gasteiger partial charge in [-0.15, -0.1) is 0 Å². The van der Waals surface area contributed by atoms with Crippen LogP contribution in [0.25, 0.3) is 11.0 Å². The van der Waals surface area contributed by atoms with Gasteiger partial charge in [-0.1, -0.05) is 18.2 Å². The number of nitrogens with one attached hydrogen (secondary N) is 2. The highest BCUT2D eigenvalue weighted by atomic mass is 16.1. The van der Waals surface area contributed by atoms with Gasteiger partial charge in [0.1, 0.15) is 11.0 Å². The highest BCUT2D eigenvalue weighted by Gasteiger charge is 2.25. The molecule has 122 valence electrons. The van der Waals surface area contributed by atoms with E-state index < -0.39 is 0 Å². The van der Waals surface area contributed by atoms with Gasteiger partial charge in [0, 0.05) is 30.4 Å². The number of carbonyl (C=O) groups excluding carboxylic acids is 1. The molecule has 24 heavy (non-hydrogen) atoms. The van der Waals surface area contributed by atoms with E-state index in [0.29, 0.717) is 23.7 Å². The number of H-pyrrole nitrogens is 1. The summed E-state index contributed by atoms with van der Waals surface area (Å²) in [6.45, 7) is 1.68. The van der Waals surface area contributed by atoms with Crippen molar-refractivity contribution < 1.29 is 4.79 Å². The van der Waals surface area contributed by atoms with Gasteiger partial charge >= 0.3 is 0 Å². The minimum atomic E-state index is -0.0696. The lowest BCUT2D eigenvalue weighted by Crippen LogP contribution is -2.40. The Kier molecular flexibility index (Phi) is 3.86. The van der Waals surface area contributed by atoms with E-state index in [-0.39, 0.29) is 5.91 Å².